The molecule has 2 amide bonds. The van der Waals surface area contributed by atoms with Crippen LogP contribution in [0.15, 0.2) is 48.5 Å². The number of likely N-dealkylation sites (N-methyl/N-ethyl adjacent to an activating group) is 1. The van der Waals surface area contributed by atoms with E-state index in [4.69, 9.17) is 11.6 Å². The van der Waals surface area contributed by atoms with Crippen LogP contribution < -0.4 is 9.62 Å². The minimum Gasteiger partial charge on any atom is -0.355 e. The van der Waals surface area contributed by atoms with Crippen molar-refractivity contribution in [2.45, 2.75) is 26.4 Å². The molecular weight excluding hydrogens is 445 g/mol. The van der Waals surface area contributed by atoms with E-state index in [1.165, 1.54) is 37.3 Å². The summed E-state index contributed by atoms with van der Waals surface area (Å²) in [6.45, 7) is 2.82. The van der Waals surface area contributed by atoms with Gasteiger partial charge in [0.2, 0.25) is 21.8 Å². The van der Waals surface area contributed by atoms with Gasteiger partial charge in [-0.3, -0.25) is 13.9 Å². The fourth-order valence-corrected chi connectivity index (χ4v) is 3.99. The Kier molecular flexibility index (Phi) is 8.41. The highest BCUT2D eigenvalue weighted by molar-refractivity contribution is 7.92. The van der Waals surface area contributed by atoms with Gasteiger partial charge in [0.05, 0.1) is 11.9 Å². The van der Waals surface area contributed by atoms with E-state index in [0.29, 0.717) is 11.6 Å². The number of anilines is 1. The van der Waals surface area contributed by atoms with Crippen LogP contribution in [0.3, 0.4) is 0 Å². The molecule has 1 atom stereocenters. The van der Waals surface area contributed by atoms with Crippen LogP contribution in [0.2, 0.25) is 5.02 Å². The largest absolute Gasteiger partial charge is 0.355 e. The molecule has 0 saturated carbocycles. The molecule has 7 nitrogen and oxygen atoms in total. The van der Waals surface area contributed by atoms with Gasteiger partial charge in [-0.2, -0.15) is 0 Å². The fraction of sp³-hybridized carbons (Fsp3) is 0.333. The molecule has 0 saturated heterocycles. The number of amides is 2. The molecule has 0 bridgehead atoms. The summed E-state index contributed by atoms with van der Waals surface area (Å²) in [7, 11) is -3.85. The topological polar surface area (TPSA) is 86.8 Å². The molecule has 2 aromatic rings. The summed E-state index contributed by atoms with van der Waals surface area (Å²) in [4.78, 5) is 26.8. The predicted octanol–water partition coefficient (Wildman–Crippen LogP) is 2.80. The Labute approximate surface area is 186 Å². The summed E-state index contributed by atoms with van der Waals surface area (Å²) in [5.41, 5.74) is 0.417. The number of benzene rings is 2. The molecule has 168 valence electrons. The van der Waals surface area contributed by atoms with Crippen LogP contribution in [0.5, 0.6) is 0 Å². The molecule has 2 aromatic carbocycles. The maximum absolute atomic E-state index is 14.2. The van der Waals surface area contributed by atoms with Gasteiger partial charge in [-0.05, 0) is 38.1 Å². The van der Waals surface area contributed by atoms with Crippen molar-refractivity contribution in [2.24, 2.45) is 0 Å². The number of nitrogens with one attached hydrogen (secondary N) is 1. The number of hydrogen-bond donors (Lipinski definition) is 1. The van der Waals surface area contributed by atoms with Gasteiger partial charge in [-0.15, -0.1) is 0 Å². The van der Waals surface area contributed by atoms with Gasteiger partial charge >= 0.3 is 0 Å². The van der Waals surface area contributed by atoms with Crippen molar-refractivity contribution < 1.29 is 22.4 Å². The van der Waals surface area contributed by atoms with E-state index < -0.39 is 40.2 Å². The summed E-state index contributed by atoms with van der Waals surface area (Å²) in [5.74, 6) is -1.62. The first-order valence-electron chi connectivity index (χ1n) is 9.58. The maximum atomic E-state index is 14.2. The van der Waals surface area contributed by atoms with E-state index in [-0.39, 0.29) is 17.8 Å². The number of carbonyl (C=O) groups is 2. The van der Waals surface area contributed by atoms with E-state index in [0.717, 1.165) is 15.5 Å². The number of halogens is 2. The third kappa shape index (κ3) is 6.67. The Morgan fingerprint density at radius 3 is 2.42 bits per heavy atom. The lowest BCUT2D eigenvalue weighted by molar-refractivity contribution is -0.139. The number of rotatable bonds is 9. The van der Waals surface area contributed by atoms with Crippen molar-refractivity contribution in [1.82, 2.24) is 10.2 Å². The predicted molar refractivity (Wildman–Crippen MR) is 119 cm³/mol. The zero-order valence-electron chi connectivity index (χ0n) is 17.5. The molecule has 0 radical (unpaired) electrons. The number of carbonyl (C=O) groups excluding carboxylic acids is 2. The average molecular weight is 470 g/mol. The second-order valence-electron chi connectivity index (χ2n) is 6.93. The number of hydrogen-bond acceptors (Lipinski definition) is 4. The molecule has 2 rings (SSSR count). The fourth-order valence-electron chi connectivity index (χ4n) is 2.96. The summed E-state index contributed by atoms with van der Waals surface area (Å²) in [6.07, 6.45) is 0.968. The second kappa shape index (κ2) is 10.6. The Morgan fingerprint density at radius 1 is 1.16 bits per heavy atom. The number of nitrogens with zero attached hydrogens (tertiary/aromatic N) is 2. The molecule has 0 aliphatic rings. The zero-order chi connectivity index (χ0) is 23.2. The van der Waals surface area contributed by atoms with Crippen molar-refractivity contribution in [3.8, 4) is 0 Å². The Bertz CT molecular complexity index is 1050. The minimum absolute atomic E-state index is 0.197. The number of sulfonamides is 1. The van der Waals surface area contributed by atoms with Gasteiger partial charge in [0.15, 0.2) is 0 Å². The molecule has 10 heteroatoms. The van der Waals surface area contributed by atoms with E-state index in [2.05, 4.69) is 5.32 Å². The van der Waals surface area contributed by atoms with Gasteiger partial charge < -0.3 is 10.2 Å². The van der Waals surface area contributed by atoms with Crippen molar-refractivity contribution in [2.75, 3.05) is 23.7 Å². The van der Waals surface area contributed by atoms with Gasteiger partial charge in [0.1, 0.15) is 18.4 Å². The SMILES string of the molecule is CCNC(=O)[C@H](C)N(Cc1ccccc1F)C(=O)CN(c1cccc(Cl)c1)S(C)(=O)=O. The lowest BCUT2D eigenvalue weighted by Crippen LogP contribution is -2.51. The maximum Gasteiger partial charge on any atom is 0.244 e. The van der Waals surface area contributed by atoms with Gasteiger partial charge in [0, 0.05) is 23.7 Å². The summed E-state index contributed by atoms with van der Waals surface area (Å²) in [6, 6.07) is 11.0. The Hall–Kier alpha value is -2.65. The summed E-state index contributed by atoms with van der Waals surface area (Å²) >= 11 is 5.98. The van der Waals surface area contributed by atoms with Crippen LogP contribution in [-0.4, -0.2) is 50.5 Å². The third-order valence-corrected chi connectivity index (χ3v) is 5.97. The average Bonchev–Trinajstić information content (AvgIpc) is 2.70. The van der Waals surface area contributed by atoms with Crippen LogP contribution in [0, 0.1) is 5.82 Å². The monoisotopic (exact) mass is 469 g/mol. The molecule has 0 aliphatic heterocycles. The van der Waals surface area contributed by atoms with E-state index >= 15 is 0 Å². The Balaban J connectivity index is 2.40. The summed E-state index contributed by atoms with van der Waals surface area (Å²) < 4.78 is 39.9. The highest BCUT2D eigenvalue weighted by Gasteiger charge is 2.30. The molecule has 0 fully saturated rings. The molecule has 1 N–H and O–H groups in total. The molecule has 0 aliphatic carbocycles. The highest BCUT2D eigenvalue weighted by atomic mass is 35.5. The van der Waals surface area contributed by atoms with Crippen LogP contribution in [0.4, 0.5) is 10.1 Å². The van der Waals surface area contributed by atoms with Gasteiger partial charge in [0.25, 0.3) is 0 Å². The zero-order valence-corrected chi connectivity index (χ0v) is 19.1. The van der Waals surface area contributed by atoms with E-state index in [1.807, 2.05) is 0 Å². The van der Waals surface area contributed by atoms with Gasteiger partial charge in [-0.25, -0.2) is 12.8 Å². The minimum atomic E-state index is -3.85. The van der Waals surface area contributed by atoms with Gasteiger partial charge in [-0.1, -0.05) is 35.9 Å². The standard InChI is InChI=1S/C21H25ClFN3O4S/c1-4-24-21(28)15(2)25(13-16-8-5-6-11-19(16)23)20(27)14-26(31(3,29)30)18-10-7-9-17(22)12-18/h5-12,15H,4,13-14H2,1-3H3,(H,24,28)/t15-/m0/s1. The van der Waals surface area contributed by atoms with Crippen LogP contribution >= 0.6 is 11.6 Å². The Morgan fingerprint density at radius 2 is 1.84 bits per heavy atom. The molecule has 0 heterocycles. The molecule has 0 spiro atoms. The van der Waals surface area contributed by atoms with Crippen molar-refractivity contribution in [1.29, 1.82) is 0 Å². The smallest absolute Gasteiger partial charge is 0.244 e. The van der Waals surface area contributed by atoms with Crippen molar-refractivity contribution >= 4 is 39.1 Å². The molecule has 0 unspecified atom stereocenters. The molecule has 31 heavy (non-hydrogen) atoms. The first kappa shape index (κ1) is 24.6. The second-order valence-corrected chi connectivity index (χ2v) is 9.28. The third-order valence-electron chi connectivity index (χ3n) is 4.59. The van der Waals surface area contributed by atoms with Crippen LogP contribution in [-0.2, 0) is 26.2 Å². The molecular formula is C21H25ClFN3O4S. The lowest BCUT2D eigenvalue weighted by atomic mass is 10.1. The van der Waals surface area contributed by atoms with Crippen LogP contribution in [0.25, 0.3) is 0 Å². The lowest BCUT2D eigenvalue weighted by Gasteiger charge is -2.31. The highest BCUT2D eigenvalue weighted by Crippen LogP contribution is 2.22. The first-order chi connectivity index (χ1) is 14.5. The normalized spacial score (nSPS) is 12.2. The molecule has 0 aromatic heterocycles. The van der Waals surface area contributed by atoms with Crippen LogP contribution in [0.1, 0.15) is 19.4 Å². The summed E-state index contributed by atoms with van der Waals surface area (Å²) in [5, 5.41) is 2.93. The van der Waals surface area contributed by atoms with Crippen molar-refractivity contribution in [3.63, 3.8) is 0 Å². The first-order valence-corrected chi connectivity index (χ1v) is 11.8. The quantitative estimate of drug-likeness (QED) is 0.611. The van der Waals surface area contributed by atoms with E-state index in [1.54, 1.807) is 25.1 Å². The van der Waals surface area contributed by atoms with E-state index in [9.17, 15) is 22.4 Å². The van der Waals surface area contributed by atoms with Crippen molar-refractivity contribution in [3.05, 3.63) is 64.9 Å².